The predicted molar refractivity (Wildman–Crippen MR) is 134 cm³/mol. The van der Waals surface area contributed by atoms with Gasteiger partial charge in [0.2, 0.25) is 12.0 Å². The number of nitrogens with one attached hydrogen (secondary N) is 2. The molecule has 0 spiro atoms. The van der Waals surface area contributed by atoms with Gasteiger partial charge in [-0.1, -0.05) is 60.8 Å². The van der Waals surface area contributed by atoms with Crippen LogP contribution in [0, 0.1) is 12.3 Å². The second-order valence-corrected chi connectivity index (χ2v) is 10.5. The third kappa shape index (κ3) is 6.60. The summed E-state index contributed by atoms with van der Waals surface area (Å²) in [6.07, 6.45) is 1.67. The first-order valence-electron chi connectivity index (χ1n) is 11.6. The maximum atomic E-state index is 13.5. The largest absolute Gasteiger partial charge is 0.447 e. The van der Waals surface area contributed by atoms with E-state index in [1.807, 2.05) is 39.8 Å². The quantitative estimate of drug-likeness (QED) is 0.491. The van der Waals surface area contributed by atoms with Crippen molar-refractivity contribution in [2.24, 2.45) is 5.41 Å². The molecule has 1 aliphatic rings. The number of hydrogen-bond donors (Lipinski definition) is 2. The van der Waals surface area contributed by atoms with Gasteiger partial charge >= 0.3 is 5.97 Å². The Hall–Kier alpha value is -2.86. The van der Waals surface area contributed by atoms with E-state index >= 15 is 0 Å². The Morgan fingerprint density at radius 1 is 1.06 bits per heavy atom. The molecule has 3 rings (SSSR count). The molecule has 182 valence electrons. The number of amides is 2. The van der Waals surface area contributed by atoms with E-state index in [1.54, 1.807) is 36.4 Å². The molecular weight excluding hydrogens is 452 g/mol. The van der Waals surface area contributed by atoms with Crippen molar-refractivity contribution >= 4 is 35.1 Å². The zero-order valence-electron chi connectivity index (χ0n) is 20.2. The lowest BCUT2D eigenvalue weighted by molar-refractivity contribution is -0.166. The highest BCUT2D eigenvalue weighted by Gasteiger charge is 2.46. The summed E-state index contributed by atoms with van der Waals surface area (Å²) in [5, 5.41) is 6.27. The highest BCUT2D eigenvalue weighted by molar-refractivity contribution is 6.31. The summed E-state index contributed by atoms with van der Waals surface area (Å²) in [6.45, 7) is 7.58. The molecule has 2 aromatic carbocycles. The van der Waals surface area contributed by atoms with Crippen molar-refractivity contribution in [3.05, 3.63) is 64.7 Å². The van der Waals surface area contributed by atoms with E-state index in [4.69, 9.17) is 16.3 Å². The van der Waals surface area contributed by atoms with E-state index < -0.39 is 28.9 Å². The topological polar surface area (TPSA) is 84.5 Å². The average Bonchev–Trinajstić information content (AvgIpc) is 3.23. The highest BCUT2D eigenvalue weighted by atomic mass is 35.5. The molecule has 0 saturated heterocycles. The van der Waals surface area contributed by atoms with E-state index in [0.29, 0.717) is 29.1 Å². The van der Waals surface area contributed by atoms with Crippen molar-refractivity contribution in [2.75, 3.05) is 5.32 Å². The zero-order valence-corrected chi connectivity index (χ0v) is 21.0. The van der Waals surface area contributed by atoms with Crippen molar-refractivity contribution in [3.63, 3.8) is 0 Å². The summed E-state index contributed by atoms with van der Waals surface area (Å²) in [6, 6.07) is 14.1. The summed E-state index contributed by atoms with van der Waals surface area (Å²) in [5.41, 5.74) is 0.622. The number of rotatable bonds is 7. The van der Waals surface area contributed by atoms with Gasteiger partial charge in [-0.2, -0.15) is 0 Å². The van der Waals surface area contributed by atoms with Crippen LogP contribution in [0.2, 0.25) is 5.02 Å². The zero-order chi connectivity index (χ0) is 24.9. The first-order valence-corrected chi connectivity index (χ1v) is 12.0. The van der Waals surface area contributed by atoms with Crippen LogP contribution in [0.25, 0.3) is 0 Å². The van der Waals surface area contributed by atoms with E-state index in [9.17, 15) is 14.4 Å². The number of hydrogen-bond acceptors (Lipinski definition) is 4. The van der Waals surface area contributed by atoms with Crippen LogP contribution in [-0.4, -0.2) is 23.3 Å². The van der Waals surface area contributed by atoms with Crippen molar-refractivity contribution in [1.82, 2.24) is 5.32 Å². The number of ether oxygens (including phenoxy) is 1. The van der Waals surface area contributed by atoms with Gasteiger partial charge in [-0.15, -0.1) is 0 Å². The molecule has 2 amide bonds. The molecule has 34 heavy (non-hydrogen) atoms. The molecule has 0 aliphatic heterocycles. The Morgan fingerprint density at radius 2 is 1.71 bits per heavy atom. The van der Waals surface area contributed by atoms with Crippen LogP contribution in [-0.2, 0) is 19.1 Å². The van der Waals surface area contributed by atoms with Crippen LogP contribution < -0.4 is 10.6 Å². The average molecular weight is 485 g/mol. The second kappa shape index (κ2) is 10.6. The molecule has 2 aromatic rings. The molecule has 0 bridgehead atoms. The normalized spacial score (nSPS) is 15.9. The number of aryl methyl sites for hydroxylation is 1. The van der Waals surface area contributed by atoms with Gasteiger partial charge in [0.1, 0.15) is 0 Å². The minimum absolute atomic E-state index is 0.0415. The van der Waals surface area contributed by atoms with Gasteiger partial charge in [-0.3, -0.25) is 14.4 Å². The summed E-state index contributed by atoms with van der Waals surface area (Å²) in [4.78, 5) is 39.5. The van der Waals surface area contributed by atoms with Crippen LogP contribution in [0.3, 0.4) is 0 Å². The maximum Gasteiger partial charge on any atom is 0.313 e. The molecule has 6 nitrogen and oxygen atoms in total. The maximum absolute atomic E-state index is 13.5. The van der Waals surface area contributed by atoms with Gasteiger partial charge in [0.05, 0.1) is 5.41 Å². The molecule has 1 fully saturated rings. The Bertz CT molecular complexity index is 1040. The third-order valence-electron chi connectivity index (χ3n) is 6.01. The molecule has 0 aromatic heterocycles. The summed E-state index contributed by atoms with van der Waals surface area (Å²) < 4.78 is 5.88. The minimum atomic E-state index is -1.16. The lowest BCUT2D eigenvalue weighted by Gasteiger charge is -2.30. The SMILES string of the molecule is Cc1ccc(NC(=O)C(OC(=O)C2(CC(=O)NC(C)(C)C)CCCC2)c2ccccc2)cc1Cl. The van der Waals surface area contributed by atoms with Gasteiger partial charge in [0, 0.05) is 28.2 Å². The molecule has 1 unspecified atom stereocenters. The Kier molecular flexibility index (Phi) is 8.03. The third-order valence-corrected chi connectivity index (χ3v) is 6.42. The molecule has 0 heterocycles. The lowest BCUT2D eigenvalue weighted by Crippen LogP contribution is -2.45. The summed E-state index contributed by atoms with van der Waals surface area (Å²) in [5.74, 6) is -1.19. The van der Waals surface area contributed by atoms with Crippen LogP contribution in [0.15, 0.2) is 48.5 Å². The van der Waals surface area contributed by atoms with E-state index in [0.717, 1.165) is 18.4 Å². The number of carbonyl (C=O) groups excluding carboxylic acids is 3. The fourth-order valence-corrected chi connectivity index (χ4v) is 4.47. The van der Waals surface area contributed by atoms with Crippen LogP contribution in [0.5, 0.6) is 0 Å². The van der Waals surface area contributed by atoms with E-state index in [2.05, 4.69) is 10.6 Å². The first-order chi connectivity index (χ1) is 16.0. The minimum Gasteiger partial charge on any atom is -0.447 e. The van der Waals surface area contributed by atoms with Crippen LogP contribution >= 0.6 is 11.6 Å². The molecule has 1 atom stereocenters. The summed E-state index contributed by atoms with van der Waals surface area (Å²) in [7, 11) is 0. The first kappa shape index (κ1) is 25.8. The van der Waals surface area contributed by atoms with E-state index in [-0.39, 0.29) is 12.3 Å². The van der Waals surface area contributed by atoms with Gasteiger partial charge < -0.3 is 15.4 Å². The Balaban J connectivity index is 1.83. The molecule has 2 N–H and O–H groups in total. The summed E-state index contributed by atoms with van der Waals surface area (Å²) >= 11 is 6.20. The standard InChI is InChI=1S/C27H33ClN2O4/c1-18-12-13-20(16-21(18)28)29-24(32)23(19-10-6-5-7-11-19)34-25(33)27(14-8-9-15-27)17-22(31)30-26(2,3)4/h5-7,10-13,16,23H,8-9,14-15,17H2,1-4H3,(H,29,32)(H,30,31). The van der Waals surface area contributed by atoms with Crippen molar-refractivity contribution < 1.29 is 19.1 Å². The van der Waals surface area contributed by atoms with Gasteiger partial charge in [0.15, 0.2) is 0 Å². The van der Waals surface area contributed by atoms with Gasteiger partial charge in [0.25, 0.3) is 5.91 Å². The Labute approximate surface area is 206 Å². The predicted octanol–water partition coefficient (Wildman–Crippen LogP) is 5.74. The van der Waals surface area contributed by atoms with Crippen molar-refractivity contribution in [2.45, 2.75) is 71.4 Å². The van der Waals surface area contributed by atoms with Gasteiger partial charge in [-0.05, 0) is 58.2 Å². The second-order valence-electron chi connectivity index (χ2n) is 10.1. The number of carbonyl (C=O) groups is 3. The number of anilines is 1. The Morgan fingerprint density at radius 3 is 2.29 bits per heavy atom. The number of benzene rings is 2. The molecule has 0 radical (unpaired) electrons. The lowest BCUT2D eigenvalue weighted by atomic mass is 9.82. The number of halogens is 1. The van der Waals surface area contributed by atoms with E-state index in [1.165, 1.54) is 0 Å². The molecule has 1 saturated carbocycles. The fourth-order valence-electron chi connectivity index (χ4n) is 4.29. The van der Waals surface area contributed by atoms with Crippen LogP contribution in [0.1, 0.15) is 70.1 Å². The monoisotopic (exact) mass is 484 g/mol. The smallest absolute Gasteiger partial charge is 0.313 e. The highest BCUT2D eigenvalue weighted by Crippen LogP contribution is 2.43. The van der Waals surface area contributed by atoms with Crippen LogP contribution in [0.4, 0.5) is 5.69 Å². The molecule has 7 heteroatoms. The van der Waals surface area contributed by atoms with Crippen molar-refractivity contribution in [3.8, 4) is 0 Å². The number of esters is 1. The van der Waals surface area contributed by atoms with Gasteiger partial charge in [-0.25, -0.2) is 0 Å². The fraction of sp³-hybridized carbons (Fsp3) is 0.444. The molecular formula is C27H33ClN2O4. The van der Waals surface area contributed by atoms with Crippen molar-refractivity contribution in [1.29, 1.82) is 0 Å². The molecule has 1 aliphatic carbocycles.